The van der Waals surface area contributed by atoms with Gasteiger partial charge in [-0.15, -0.1) is 0 Å². The molecule has 1 fully saturated rings. The molecule has 20 heavy (non-hydrogen) atoms. The molecule has 0 saturated heterocycles. The lowest BCUT2D eigenvalue weighted by Crippen LogP contribution is -2.29. The number of benzene rings is 1. The van der Waals surface area contributed by atoms with Gasteiger partial charge in [0.2, 0.25) is 0 Å². The van der Waals surface area contributed by atoms with Crippen molar-refractivity contribution in [2.45, 2.75) is 50.4 Å². The van der Waals surface area contributed by atoms with Crippen LogP contribution in [0.25, 0.3) is 0 Å². The van der Waals surface area contributed by atoms with E-state index in [0.29, 0.717) is 11.6 Å². The fraction of sp³-hybridized carbons (Fsp3) is 0.600. The zero-order valence-corrected chi connectivity index (χ0v) is 13.1. The molecule has 1 saturated carbocycles. The molecule has 1 N–H and O–H groups in total. The van der Waals surface area contributed by atoms with Crippen molar-refractivity contribution in [1.29, 1.82) is 0 Å². The quantitative estimate of drug-likeness (QED) is 0.662. The fourth-order valence-corrected chi connectivity index (χ4v) is 3.64. The Kier molecular flexibility index (Phi) is 5.05. The molecule has 1 aliphatic rings. The van der Waals surface area contributed by atoms with E-state index < -0.39 is 0 Å². The second-order valence-electron chi connectivity index (χ2n) is 5.56. The van der Waals surface area contributed by atoms with Gasteiger partial charge in [0.25, 0.3) is 5.69 Å². The van der Waals surface area contributed by atoms with Crippen LogP contribution in [0.1, 0.15) is 43.4 Å². The van der Waals surface area contributed by atoms with Gasteiger partial charge in [0.05, 0.1) is 4.92 Å². The Morgan fingerprint density at radius 1 is 1.45 bits per heavy atom. The maximum absolute atomic E-state index is 11.0. The highest BCUT2D eigenvalue weighted by Crippen LogP contribution is 2.30. The van der Waals surface area contributed by atoms with Crippen molar-refractivity contribution < 1.29 is 4.92 Å². The minimum absolute atomic E-state index is 0.153. The summed E-state index contributed by atoms with van der Waals surface area (Å²) in [6.45, 7) is 3.86. The lowest BCUT2D eigenvalue weighted by Gasteiger charge is -2.20. The second kappa shape index (κ2) is 6.59. The lowest BCUT2D eigenvalue weighted by atomic mass is 10.0. The molecule has 3 unspecified atom stereocenters. The van der Waals surface area contributed by atoms with Gasteiger partial charge >= 0.3 is 0 Å². The first-order chi connectivity index (χ1) is 9.51. The zero-order chi connectivity index (χ0) is 14.7. The molecule has 2 rings (SSSR count). The highest BCUT2D eigenvalue weighted by Gasteiger charge is 2.25. The number of nitrogens with one attached hydrogen (secondary N) is 1. The summed E-state index contributed by atoms with van der Waals surface area (Å²) in [7, 11) is 0. The van der Waals surface area contributed by atoms with Crippen molar-refractivity contribution in [2.24, 2.45) is 0 Å². The number of nitro benzene ring substituents is 1. The van der Waals surface area contributed by atoms with Gasteiger partial charge < -0.3 is 5.32 Å². The Morgan fingerprint density at radius 3 is 2.80 bits per heavy atom. The van der Waals surface area contributed by atoms with E-state index in [0.717, 1.165) is 10.8 Å². The molecule has 1 aromatic rings. The molecule has 110 valence electrons. The first-order valence-electron chi connectivity index (χ1n) is 7.05. The smallest absolute Gasteiger partial charge is 0.272 e. The molecule has 1 aliphatic carbocycles. The average molecular weight is 294 g/mol. The van der Waals surface area contributed by atoms with Gasteiger partial charge in [-0.05, 0) is 44.9 Å². The molecule has 3 atom stereocenters. The number of aryl methyl sites for hydroxylation is 1. The summed E-state index contributed by atoms with van der Waals surface area (Å²) in [6, 6.07) is 6.21. The van der Waals surface area contributed by atoms with Crippen LogP contribution in [0, 0.1) is 17.0 Å². The SMILES string of the molecule is CSC1CCC(NC(C)c2ccc(C)c([N+](=O)[O-])c2)C1. The number of rotatable bonds is 5. The van der Waals surface area contributed by atoms with Crippen LogP contribution in [0.3, 0.4) is 0 Å². The lowest BCUT2D eigenvalue weighted by molar-refractivity contribution is -0.385. The predicted octanol–water partition coefficient (Wildman–Crippen LogP) is 3.84. The third-order valence-electron chi connectivity index (χ3n) is 4.13. The summed E-state index contributed by atoms with van der Waals surface area (Å²) in [4.78, 5) is 10.7. The van der Waals surface area contributed by atoms with E-state index in [9.17, 15) is 10.1 Å². The topological polar surface area (TPSA) is 55.2 Å². The minimum Gasteiger partial charge on any atom is -0.307 e. The summed E-state index contributed by atoms with van der Waals surface area (Å²) >= 11 is 1.94. The van der Waals surface area contributed by atoms with E-state index in [1.807, 2.05) is 23.9 Å². The van der Waals surface area contributed by atoms with E-state index in [4.69, 9.17) is 0 Å². The van der Waals surface area contributed by atoms with Gasteiger partial charge in [0, 0.05) is 29.0 Å². The normalized spacial score (nSPS) is 23.8. The highest BCUT2D eigenvalue weighted by atomic mass is 32.2. The maximum Gasteiger partial charge on any atom is 0.272 e. The van der Waals surface area contributed by atoms with Crippen LogP contribution in [0.4, 0.5) is 5.69 Å². The first kappa shape index (κ1) is 15.3. The standard InChI is InChI=1S/C15H22N2O2S/c1-10-4-5-12(8-15(10)17(18)19)11(2)16-13-6-7-14(9-13)20-3/h4-5,8,11,13-14,16H,6-7,9H2,1-3H3. The molecular weight excluding hydrogens is 272 g/mol. The van der Waals surface area contributed by atoms with Gasteiger partial charge in [0.1, 0.15) is 0 Å². The van der Waals surface area contributed by atoms with Crippen molar-refractivity contribution in [3.63, 3.8) is 0 Å². The molecule has 1 aromatic carbocycles. The Labute approximate surface area is 124 Å². The molecule has 0 aromatic heterocycles. The number of nitro groups is 1. The third-order valence-corrected chi connectivity index (χ3v) is 5.23. The monoisotopic (exact) mass is 294 g/mol. The second-order valence-corrected chi connectivity index (χ2v) is 6.70. The van der Waals surface area contributed by atoms with Gasteiger partial charge in [-0.1, -0.05) is 12.1 Å². The number of nitrogens with zero attached hydrogens (tertiary/aromatic N) is 1. The zero-order valence-electron chi connectivity index (χ0n) is 12.3. The minimum atomic E-state index is -0.301. The molecule has 0 heterocycles. The average Bonchev–Trinajstić information content (AvgIpc) is 2.86. The predicted molar refractivity (Wildman–Crippen MR) is 84.3 cm³/mol. The fourth-order valence-electron chi connectivity index (χ4n) is 2.85. The first-order valence-corrected chi connectivity index (χ1v) is 8.34. The van der Waals surface area contributed by atoms with Crippen LogP contribution < -0.4 is 5.32 Å². The molecule has 0 amide bonds. The summed E-state index contributed by atoms with van der Waals surface area (Å²) in [5.74, 6) is 0. The van der Waals surface area contributed by atoms with Crippen molar-refractivity contribution >= 4 is 17.4 Å². The Hall–Kier alpha value is -1.07. The molecular formula is C15H22N2O2S. The molecule has 0 aliphatic heterocycles. The van der Waals surface area contributed by atoms with Crippen LogP contribution in [0.5, 0.6) is 0 Å². The number of hydrogen-bond acceptors (Lipinski definition) is 4. The van der Waals surface area contributed by atoms with E-state index >= 15 is 0 Å². The molecule has 0 radical (unpaired) electrons. The maximum atomic E-state index is 11.0. The van der Waals surface area contributed by atoms with Crippen LogP contribution >= 0.6 is 11.8 Å². The highest BCUT2D eigenvalue weighted by molar-refractivity contribution is 7.99. The molecule has 4 nitrogen and oxygen atoms in total. The summed E-state index contributed by atoms with van der Waals surface area (Å²) < 4.78 is 0. The largest absolute Gasteiger partial charge is 0.307 e. The van der Waals surface area contributed by atoms with Crippen LogP contribution in [0.2, 0.25) is 0 Å². The third kappa shape index (κ3) is 3.52. The Morgan fingerprint density at radius 2 is 2.20 bits per heavy atom. The summed E-state index contributed by atoms with van der Waals surface area (Å²) in [5, 5.41) is 15.4. The Balaban J connectivity index is 2.04. The summed E-state index contributed by atoms with van der Waals surface area (Å²) in [5.41, 5.74) is 1.92. The van der Waals surface area contributed by atoms with Crippen LogP contribution in [0.15, 0.2) is 18.2 Å². The Bertz CT molecular complexity index is 493. The number of thioether (sulfide) groups is 1. The van der Waals surface area contributed by atoms with Crippen molar-refractivity contribution in [1.82, 2.24) is 5.32 Å². The number of hydrogen-bond donors (Lipinski definition) is 1. The summed E-state index contributed by atoms with van der Waals surface area (Å²) in [6.07, 6.45) is 5.82. The van der Waals surface area contributed by atoms with Crippen molar-refractivity contribution in [2.75, 3.05) is 6.26 Å². The van der Waals surface area contributed by atoms with E-state index in [2.05, 4.69) is 18.5 Å². The molecule has 0 spiro atoms. The van der Waals surface area contributed by atoms with Gasteiger partial charge in [0.15, 0.2) is 0 Å². The van der Waals surface area contributed by atoms with Crippen molar-refractivity contribution in [3.05, 3.63) is 39.4 Å². The van der Waals surface area contributed by atoms with E-state index in [1.54, 1.807) is 13.0 Å². The molecule has 0 bridgehead atoms. The van der Waals surface area contributed by atoms with E-state index in [-0.39, 0.29) is 16.7 Å². The van der Waals surface area contributed by atoms with Gasteiger partial charge in [-0.3, -0.25) is 10.1 Å². The van der Waals surface area contributed by atoms with E-state index in [1.165, 1.54) is 19.3 Å². The van der Waals surface area contributed by atoms with Gasteiger partial charge in [-0.2, -0.15) is 11.8 Å². The van der Waals surface area contributed by atoms with Crippen molar-refractivity contribution in [3.8, 4) is 0 Å². The van der Waals surface area contributed by atoms with Crippen LogP contribution in [-0.4, -0.2) is 22.5 Å². The molecule has 5 heteroatoms. The van der Waals surface area contributed by atoms with Gasteiger partial charge in [-0.25, -0.2) is 0 Å². The van der Waals surface area contributed by atoms with Crippen LogP contribution in [-0.2, 0) is 0 Å².